The number of ether oxygens (including phenoxy) is 2. The van der Waals surface area contributed by atoms with Gasteiger partial charge in [0.25, 0.3) is 0 Å². The highest BCUT2D eigenvalue weighted by Crippen LogP contribution is 2.66. The van der Waals surface area contributed by atoms with Crippen LogP contribution in [0.25, 0.3) is 0 Å². The van der Waals surface area contributed by atoms with Crippen LogP contribution in [0.15, 0.2) is 18.2 Å². The van der Waals surface area contributed by atoms with Gasteiger partial charge in [-0.2, -0.15) is 18.4 Å². The van der Waals surface area contributed by atoms with Gasteiger partial charge in [-0.05, 0) is 48.4 Å². The summed E-state index contributed by atoms with van der Waals surface area (Å²) in [5, 5.41) is 32.3. The number of rotatable bonds is 2. The molecule has 0 radical (unpaired) electrons. The minimum atomic E-state index is -4.65. The molecule has 3 heterocycles. The molecule has 2 spiro atoms. The molecule has 2 aromatic rings. The van der Waals surface area contributed by atoms with E-state index in [2.05, 4.69) is 0 Å². The van der Waals surface area contributed by atoms with Crippen LogP contribution in [0.4, 0.5) is 13.2 Å². The third kappa shape index (κ3) is 3.64. The molecule has 1 aromatic heterocycles. The molecule has 9 heteroatoms. The molecule has 1 aromatic carbocycles. The molecule has 3 atom stereocenters. The third-order valence-electron chi connectivity index (χ3n) is 8.68. The quantitative estimate of drug-likeness (QED) is 0.552. The Kier molecular flexibility index (Phi) is 5.53. The van der Waals surface area contributed by atoms with E-state index in [-0.39, 0.29) is 11.3 Å². The lowest BCUT2D eigenvalue weighted by molar-refractivity contribution is -0.138. The first-order chi connectivity index (χ1) is 17.5. The van der Waals surface area contributed by atoms with Crippen molar-refractivity contribution in [2.75, 3.05) is 13.2 Å². The average Bonchev–Trinajstić information content (AvgIpc) is 3.57. The number of halogens is 3. The number of hydrogen-bond acceptors (Lipinski definition) is 6. The zero-order valence-electron chi connectivity index (χ0n) is 20.7. The zero-order chi connectivity index (χ0) is 26.3. The molecule has 2 aliphatic heterocycles. The number of pyridine rings is 1. The third-order valence-corrected chi connectivity index (χ3v) is 8.68. The van der Waals surface area contributed by atoms with Gasteiger partial charge in [-0.15, -0.1) is 0 Å². The maximum Gasteiger partial charge on any atom is 0.417 e. The molecular weight excluding hydrogens is 485 g/mol. The Morgan fingerprint density at radius 2 is 1.81 bits per heavy atom. The fraction of sp³-hybridized carbons (Fsp3) is 0.571. The summed E-state index contributed by atoms with van der Waals surface area (Å²) >= 11 is 0. The van der Waals surface area contributed by atoms with Crippen molar-refractivity contribution in [1.29, 1.82) is 5.26 Å². The van der Waals surface area contributed by atoms with Crippen molar-refractivity contribution >= 4 is 0 Å². The Labute approximate surface area is 213 Å². The van der Waals surface area contributed by atoms with E-state index < -0.39 is 41.2 Å². The molecule has 1 saturated heterocycles. The molecule has 0 amide bonds. The Morgan fingerprint density at radius 1 is 1.11 bits per heavy atom. The fourth-order valence-corrected chi connectivity index (χ4v) is 6.63. The topological polar surface area (TPSA) is 95.6 Å². The molecule has 0 bridgehead atoms. The summed E-state index contributed by atoms with van der Waals surface area (Å²) in [6.45, 7) is 4.82. The molecule has 1 saturated carbocycles. The van der Waals surface area contributed by atoms with Crippen LogP contribution in [0, 0.1) is 16.7 Å². The summed E-state index contributed by atoms with van der Waals surface area (Å²) in [5.74, 6) is -0.0774. The van der Waals surface area contributed by atoms with Gasteiger partial charge in [0, 0.05) is 48.3 Å². The summed E-state index contributed by atoms with van der Waals surface area (Å²) in [4.78, 5) is 4.94. The molecule has 3 unspecified atom stereocenters. The predicted molar refractivity (Wildman–Crippen MR) is 125 cm³/mol. The second-order valence-corrected chi connectivity index (χ2v) is 11.2. The number of nitriles is 1. The number of hydrogen-bond donors (Lipinski definition) is 2. The number of aliphatic hydroxyl groups is 2. The fourth-order valence-electron chi connectivity index (χ4n) is 6.63. The van der Waals surface area contributed by atoms with Crippen LogP contribution in [0.2, 0.25) is 0 Å². The molecule has 2 fully saturated rings. The molecule has 6 rings (SSSR count). The second kappa shape index (κ2) is 8.24. The highest BCUT2D eigenvalue weighted by Gasteiger charge is 2.59. The van der Waals surface area contributed by atoms with Crippen molar-refractivity contribution in [2.24, 2.45) is 5.41 Å². The van der Waals surface area contributed by atoms with E-state index in [1.54, 1.807) is 6.07 Å². The summed E-state index contributed by atoms with van der Waals surface area (Å²) in [7, 11) is 0. The first kappa shape index (κ1) is 24.8. The van der Waals surface area contributed by atoms with E-state index in [4.69, 9.17) is 14.5 Å². The van der Waals surface area contributed by atoms with Gasteiger partial charge < -0.3 is 19.7 Å². The van der Waals surface area contributed by atoms with E-state index >= 15 is 0 Å². The van der Waals surface area contributed by atoms with Crippen LogP contribution in [-0.4, -0.2) is 28.4 Å². The normalized spacial score (nSPS) is 27.3. The lowest BCUT2D eigenvalue weighted by Crippen LogP contribution is -2.37. The maximum atomic E-state index is 13.5. The van der Waals surface area contributed by atoms with Crippen molar-refractivity contribution < 1.29 is 32.9 Å². The number of fused-ring (bicyclic) bond motifs is 4. The SMILES string of the molecule is CC(C)c1nc2c(c3c1C(c1ccc(C(F)(F)F)c(C#N)c1)OC31CCOCC1)C(O)CC1(CC1)C2O. The summed E-state index contributed by atoms with van der Waals surface area (Å²) in [6, 6.07) is 5.24. The van der Waals surface area contributed by atoms with Gasteiger partial charge in [-0.25, -0.2) is 0 Å². The molecule has 196 valence electrons. The number of aromatic nitrogens is 1. The van der Waals surface area contributed by atoms with Crippen molar-refractivity contribution in [3.05, 3.63) is 63.0 Å². The van der Waals surface area contributed by atoms with E-state index in [9.17, 15) is 28.6 Å². The molecule has 37 heavy (non-hydrogen) atoms. The molecule has 2 aliphatic carbocycles. The lowest BCUT2D eigenvalue weighted by Gasteiger charge is -2.40. The second-order valence-electron chi connectivity index (χ2n) is 11.2. The van der Waals surface area contributed by atoms with Gasteiger partial charge in [-0.3, -0.25) is 4.98 Å². The van der Waals surface area contributed by atoms with Gasteiger partial charge in [0.15, 0.2) is 0 Å². The summed E-state index contributed by atoms with van der Waals surface area (Å²) in [6.07, 6.45) is -3.92. The monoisotopic (exact) mass is 514 g/mol. The van der Waals surface area contributed by atoms with Crippen molar-refractivity contribution in [2.45, 2.75) is 82.0 Å². The summed E-state index contributed by atoms with van der Waals surface area (Å²) in [5.41, 5.74) is 1.13. The van der Waals surface area contributed by atoms with E-state index in [1.807, 2.05) is 13.8 Å². The van der Waals surface area contributed by atoms with Crippen LogP contribution in [0.5, 0.6) is 0 Å². The van der Waals surface area contributed by atoms with E-state index in [0.717, 1.165) is 30.0 Å². The Bertz CT molecular complexity index is 1310. The van der Waals surface area contributed by atoms with Gasteiger partial charge in [0.2, 0.25) is 0 Å². The lowest BCUT2D eigenvalue weighted by atomic mass is 9.72. The molecule has 6 nitrogen and oxygen atoms in total. The van der Waals surface area contributed by atoms with Crippen molar-refractivity contribution in [3.8, 4) is 6.07 Å². The number of alkyl halides is 3. The van der Waals surface area contributed by atoms with Crippen molar-refractivity contribution in [1.82, 2.24) is 4.98 Å². The van der Waals surface area contributed by atoms with E-state index in [0.29, 0.717) is 55.0 Å². The number of nitrogens with zero attached hydrogens (tertiary/aromatic N) is 2. The van der Waals surface area contributed by atoms with Crippen LogP contribution in [0.3, 0.4) is 0 Å². The van der Waals surface area contributed by atoms with E-state index in [1.165, 1.54) is 12.1 Å². The first-order valence-corrected chi connectivity index (χ1v) is 12.8. The Hall–Kier alpha value is -2.51. The zero-order valence-corrected chi connectivity index (χ0v) is 20.7. The Balaban J connectivity index is 1.61. The van der Waals surface area contributed by atoms with Crippen LogP contribution >= 0.6 is 0 Å². The molecule has 4 aliphatic rings. The van der Waals surface area contributed by atoms with Gasteiger partial charge in [-0.1, -0.05) is 19.9 Å². The molecular formula is C28H29F3N2O4. The van der Waals surface area contributed by atoms with Gasteiger partial charge in [0.05, 0.1) is 34.6 Å². The number of benzene rings is 1. The Morgan fingerprint density at radius 3 is 2.41 bits per heavy atom. The van der Waals surface area contributed by atoms with Gasteiger partial charge in [0.1, 0.15) is 12.2 Å². The van der Waals surface area contributed by atoms with Gasteiger partial charge >= 0.3 is 6.18 Å². The van der Waals surface area contributed by atoms with Crippen LogP contribution < -0.4 is 0 Å². The number of aliphatic hydroxyl groups excluding tert-OH is 2. The van der Waals surface area contributed by atoms with Crippen LogP contribution in [-0.2, 0) is 21.3 Å². The van der Waals surface area contributed by atoms with Crippen LogP contribution in [0.1, 0.15) is 115 Å². The maximum absolute atomic E-state index is 13.5. The molecule has 2 N–H and O–H groups in total. The van der Waals surface area contributed by atoms with Crippen molar-refractivity contribution in [3.63, 3.8) is 0 Å². The highest BCUT2D eigenvalue weighted by atomic mass is 19.4. The minimum Gasteiger partial charge on any atom is -0.388 e. The predicted octanol–water partition coefficient (Wildman–Crippen LogP) is 5.47. The highest BCUT2D eigenvalue weighted by molar-refractivity contribution is 5.56. The first-order valence-electron chi connectivity index (χ1n) is 12.8. The standard InChI is InChI=1S/C28H29F3N2O4/c1-14(2)22-20-21(19-18(34)12-26(5-6-26)25(35)23(19)33-22)27(7-9-36-10-8-27)37-24(20)15-3-4-17(28(29,30)31)16(11-15)13-32/h3-4,11,14,18,24-25,34-35H,5-10,12H2,1-2H3. The average molecular weight is 515 g/mol. The largest absolute Gasteiger partial charge is 0.417 e. The smallest absolute Gasteiger partial charge is 0.388 e. The summed E-state index contributed by atoms with van der Waals surface area (Å²) < 4.78 is 53.0. The minimum absolute atomic E-state index is 0.0774.